The Morgan fingerprint density at radius 2 is 1.80 bits per heavy atom. The fourth-order valence-corrected chi connectivity index (χ4v) is 4.44. The first-order valence-corrected chi connectivity index (χ1v) is 9.46. The van der Waals surface area contributed by atoms with Crippen LogP contribution in [-0.2, 0) is 6.54 Å². The van der Waals surface area contributed by atoms with Gasteiger partial charge in [-0.15, -0.1) is 0 Å². The molecule has 2 heterocycles. The minimum absolute atomic E-state index is 0.592. The van der Waals surface area contributed by atoms with Gasteiger partial charge in [0.15, 0.2) is 11.5 Å². The SMILES string of the molecule is CCOc1c(OC)cc(CN2CC[C@H]3[C@H](CCCN3C)C2)cc1OC. The molecule has 5 heteroatoms. The molecule has 2 aliphatic heterocycles. The second kappa shape index (κ2) is 8.28. The van der Waals surface area contributed by atoms with Crippen LogP contribution in [-0.4, -0.2) is 63.4 Å². The molecule has 2 atom stereocenters. The predicted molar refractivity (Wildman–Crippen MR) is 99.8 cm³/mol. The molecule has 3 rings (SSSR count). The average Bonchev–Trinajstić information content (AvgIpc) is 2.63. The van der Waals surface area contributed by atoms with Crippen molar-refractivity contribution in [2.45, 2.75) is 38.8 Å². The monoisotopic (exact) mass is 348 g/mol. The summed E-state index contributed by atoms with van der Waals surface area (Å²) < 4.78 is 16.8. The number of ether oxygens (including phenoxy) is 3. The first-order chi connectivity index (χ1) is 12.2. The Kier molecular flexibility index (Phi) is 6.07. The van der Waals surface area contributed by atoms with Gasteiger partial charge in [0.25, 0.3) is 0 Å². The van der Waals surface area contributed by atoms with Crippen LogP contribution in [0, 0.1) is 5.92 Å². The molecule has 0 aromatic heterocycles. The fourth-order valence-electron chi connectivity index (χ4n) is 4.44. The van der Waals surface area contributed by atoms with Crippen LogP contribution in [0.2, 0.25) is 0 Å². The average molecular weight is 348 g/mol. The Balaban J connectivity index is 1.72. The molecule has 2 aliphatic rings. The van der Waals surface area contributed by atoms with Crippen LogP contribution in [0.15, 0.2) is 12.1 Å². The number of rotatable bonds is 6. The zero-order valence-corrected chi connectivity index (χ0v) is 16.1. The zero-order valence-electron chi connectivity index (χ0n) is 16.1. The summed E-state index contributed by atoms with van der Waals surface area (Å²) in [6.07, 6.45) is 3.96. The van der Waals surface area contributed by atoms with E-state index < -0.39 is 0 Å². The third kappa shape index (κ3) is 4.04. The number of hydrogen-bond donors (Lipinski definition) is 0. The molecule has 1 aromatic carbocycles. The molecule has 2 saturated heterocycles. The molecule has 0 radical (unpaired) electrons. The first-order valence-electron chi connectivity index (χ1n) is 9.46. The number of nitrogens with zero attached hydrogens (tertiary/aromatic N) is 2. The fraction of sp³-hybridized carbons (Fsp3) is 0.700. The Labute approximate surface area is 151 Å². The van der Waals surface area contributed by atoms with Crippen molar-refractivity contribution in [3.8, 4) is 17.2 Å². The van der Waals surface area contributed by atoms with Crippen LogP contribution in [0.4, 0.5) is 0 Å². The summed E-state index contributed by atoms with van der Waals surface area (Å²) in [7, 11) is 5.66. The lowest BCUT2D eigenvalue weighted by atomic mass is 9.84. The summed E-state index contributed by atoms with van der Waals surface area (Å²) in [5.41, 5.74) is 1.22. The van der Waals surface area contributed by atoms with Crippen LogP contribution in [0.1, 0.15) is 31.7 Å². The molecule has 0 bridgehead atoms. The molecule has 140 valence electrons. The van der Waals surface area contributed by atoms with E-state index in [2.05, 4.69) is 29.0 Å². The highest BCUT2D eigenvalue weighted by molar-refractivity contribution is 5.53. The van der Waals surface area contributed by atoms with Crippen LogP contribution >= 0.6 is 0 Å². The van der Waals surface area contributed by atoms with E-state index in [-0.39, 0.29) is 0 Å². The Morgan fingerprint density at radius 3 is 2.44 bits per heavy atom. The van der Waals surface area contributed by atoms with E-state index in [4.69, 9.17) is 14.2 Å². The second-order valence-electron chi connectivity index (χ2n) is 7.24. The minimum atomic E-state index is 0.592. The molecule has 0 N–H and O–H groups in total. The third-order valence-electron chi connectivity index (χ3n) is 5.65. The third-order valence-corrected chi connectivity index (χ3v) is 5.65. The number of fused-ring (bicyclic) bond motifs is 1. The Bertz CT molecular complexity index is 553. The van der Waals surface area contributed by atoms with Gasteiger partial charge in [0.2, 0.25) is 5.75 Å². The van der Waals surface area contributed by atoms with Crippen molar-refractivity contribution in [2.75, 3.05) is 47.5 Å². The quantitative estimate of drug-likeness (QED) is 0.789. The van der Waals surface area contributed by atoms with Crippen LogP contribution < -0.4 is 14.2 Å². The summed E-state index contributed by atoms with van der Waals surface area (Å²) in [4.78, 5) is 5.14. The van der Waals surface area contributed by atoms with Crippen molar-refractivity contribution in [1.29, 1.82) is 0 Å². The molecule has 5 nitrogen and oxygen atoms in total. The highest BCUT2D eigenvalue weighted by atomic mass is 16.5. The van der Waals surface area contributed by atoms with E-state index in [1.54, 1.807) is 14.2 Å². The van der Waals surface area contributed by atoms with E-state index >= 15 is 0 Å². The van der Waals surface area contributed by atoms with E-state index in [1.165, 1.54) is 37.9 Å². The number of likely N-dealkylation sites (tertiary alicyclic amines) is 2. The molecular weight excluding hydrogens is 316 g/mol. The van der Waals surface area contributed by atoms with Crippen molar-refractivity contribution >= 4 is 0 Å². The van der Waals surface area contributed by atoms with Gasteiger partial charge in [-0.2, -0.15) is 0 Å². The summed E-state index contributed by atoms with van der Waals surface area (Å²) in [5, 5.41) is 0. The van der Waals surface area contributed by atoms with Crippen molar-refractivity contribution < 1.29 is 14.2 Å². The van der Waals surface area contributed by atoms with E-state index in [0.29, 0.717) is 12.4 Å². The van der Waals surface area contributed by atoms with E-state index in [9.17, 15) is 0 Å². The highest BCUT2D eigenvalue weighted by Gasteiger charge is 2.34. The zero-order chi connectivity index (χ0) is 17.8. The van der Waals surface area contributed by atoms with Gasteiger partial charge in [-0.1, -0.05) is 0 Å². The first kappa shape index (κ1) is 18.3. The summed E-state index contributed by atoms with van der Waals surface area (Å²) in [6, 6.07) is 4.95. The minimum Gasteiger partial charge on any atom is -0.493 e. The molecule has 0 spiro atoms. The van der Waals surface area contributed by atoms with Gasteiger partial charge in [-0.05, 0) is 69.9 Å². The molecule has 0 amide bonds. The molecule has 25 heavy (non-hydrogen) atoms. The van der Waals surface area contributed by atoms with E-state index in [0.717, 1.165) is 36.5 Å². The van der Waals surface area contributed by atoms with Crippen molar-refractivity contribution in [3.63, 3.8) is 0 Å². The van der Waals surface area contributed by atoms with E-state index in [1.807, 2.05) is 6.92 Å². The molecule has 0 unspecified atom stereocenters. The normalized spacial score (nSPS) is 24.6. The number of benzene rings is 1. The van der Waals surface area contributed by atoms with Crippen molar-refractivity contribution in [1.82, 2.24) is 9.80 Å². The molecular formula is C20H32N2O3. The van der Waals surface area contributed by atoms with Gasteiger partial charge in [-0.3, -0.25) is 4.90 Å². The van der Waals surface area contributed by atoms with Crippen molar-refractivity contribution in [2.24, 2.45) is 5.92 Å². The lowest BCUT2D eigenvalue weighted by molar-refractivity contribution is 0.0354. The summed E-state index contributed by atoms with van der Waals surface area (Å²) in [6.45, 7) is 7.10. The molecule has 1 aromatic rings. The molecule has 0 saturated carbocycles. The summed E-state index contributed by atoms with van der Waals surface area (Å²) >= 11 is 0. The number of methoxy groups -OCH3 is 2. The second-order valence-corrected chi connectivity index (χ2v) is 7.24. The van der Waals surface area contributed by atoms with Crippen molar-refractivity contribution in [3.05, 3.63) is 17.7 Å². The predicted octanol–water partition coefficient (Wildman–Crippen LogP) is 3.02. The van der Waals surface area contributed by atoms with Gasteiger partial charge in [0.05, 0.1) is 20.8 Å². The summed E-state index contributed by atoms with van der Waals surface area (Å²) in [5.74, 6) is 3.01. The van der Waals surface area contributed by atoms with Crippen LogP contribution in [0.3, 0.4) is 0 Å². The van der Waals surface area contributed by atoms with Gasteiger partial charge >= 0.3 is 0 Å². The number of piperidine rings is 2. The lowest BCUT2D eigenvalue weighted by Crippen LogP contribution is -2.52. The van der Waals surface area contributed by atoms with Gasteiger partial charge in [-0.25, -0.2) is 0 Å². The largest absolute Gasteiger partial charge is 0.493 e. The number of hydrogen-bond acceptors (Lipinski definition) is 5. The molecule has 2 fully saturated rings. The maximum absolute atomic E-state index is 5.71. The van der Waals surface area contributed by atoms with Crippen LogP contribution in [0.25, 0.3) is 0 Å². The Morgan fingerprint density at radius 1 is 1.08 bits per heavy atom. The van der Waals surface area contributed by atoms with Crippen LogP contribution in [0.5, 0.6) is 17.2 Å². The standard InChI is InChI=1S/C20H32N2O3/c1-5-25-20-18(23-3)11-15(12-19(20)24-4)13-22-10-8-17-16(14-22)7-6-9-21(17)2/h11-12,16-17H,5-10,13-14H2,1-4H3/t16-,17+/m1/s1. The lowest BCUT2D eigenvalue weighted by Gasteiger charge is -2.46. The van der Waals surface area contributed by atoms with Gasteiger partial charge in [0.1, 0.15) is 0 Å². The maximum Gasteiger partial charge on any atom is 0.203 e. The van der Waals surface area contributed by atoms with Gasteiger partial charge < -0.3 is 19.1 Å². The molecule has 0 aliphatic carbocycles. The maximum atomic E-state index is 5.71. The smallest absolute Gasteiger partial charge is 0.203 e. The Hall–Kier alpha value is -1.46. The van der Waals surface area contributed by atoms with Gasteiger partial charge in [0, 0.05) is 19.1 Å². The highest BCUT2D eigenvalue weighted by Crippen LogP contribution is 2.39. The topological polar surface area (TPSA) is 34.2 Å².